The van der Waals surface area contributed by atoms with Crippen LogP contribution in [-0.2, 0) is 14.9 Å². The molecule has 0 N–H and O–H groups in total. The molecule has 0 amide bonds. The SMILES string of the molecule is CCC(COC)(COC)c1ccccc1. The van der Waals surface area contributed by atoms with Crippen molar-refractivity contribution in [1.82, 2.24) is 0 Å². The van der Waals surface area contributed by atoms with Gasteiger partial charge in [-0.3, -0.25) is 0 Å². The van der Waals surface area contributed by atoms with Gasteiger partial charge in [-0.15, -0.1) is 0 Å². The molecule has 0 saturated carbocycles. The van der Waals surface area contributed by atoms with Crippen molar-refractivity contribution in [1.29, 1.82) is 0 Å². The van der Waals surface area contributed by atoms with E-state index in [4.69, 9.17) is 9.47 Å². The van der Waals surface area contributed by atoms with Gasteiger partial charge in [0.05, 0.1) is 13.2 Å². The number of ether oxygens (including phenoxy) is 2. The van der Waals surface area contributed by atoms with Crippen LogP contribution in [0.1, 0.15) is 18.9 Å². The minimum absolute atomic E-state index is 0.00917. The van der Waals surface area contributed by atoms with E-state index in [0.29, 0.717) is 13.2 Å². The van der Waals surface area contributed by atoms with Crippen LogP contribution in [0.4, 0.5) is 0 Å². The lowest BCUT2D eigenvalue weighted by Crippen LogP contribution is -2.35. The third-order valence-corrected chi connectivity index (χ3v) is 2.90. The Labute approximate surface area is 92.2 Å². The highest BCUT2D eigenvalue weighted by molar-refractivity contribution is 5.25. The van der Waals surface area contributed by atoms with Crippen molar-refractivity contribution >= 4 is 0 Å². The van der Waals surface area contributed by atoms with Gasteiger partial charge in [-0.05, 0) is 12.0 Å². The Hall–Kier alpha value is -0.860. The second kappa shape index (κ2) is 5.89. The lowest BCUT2D eigenvalue weighted by Gasteiger charge is -2.31. The zero-order valence-electron chi connectivity index (χ0n) is 9.82. The van der Waals surface area contributed by atoms with Crippen LogP contribution in [0.3, 0.4) is 0 Å². The Morgan fingerprint density at radius 1 is 1.00 bits per heavy atom. The lowest BCUT2D eigenvalue weighted by atomic mass is 9.79. The molecule has 0 aliphatic heterocycles. The van der Waals surface area contributed by atoms with Gasteiger partial charge in [-0.1, -0.05) is 37.3 Å². The summed E-state index contributed by atoms with van der Waals surface area (Å²) in [6.07, 6.45) is 1.01. The van der Waals surface area contributed by atoms with Gasteiger partial charge in [-0.25, -0.2) is 0 Å². The summed E-state index contributed by atoms with van der Waals surface area (Å²) >= 11 is 0. The molecule has 0 fully saturated rings. The van der Waals surface area contributed by atoms with Gasteiger partial charge >= 0.3 is 0 Å². The first-order valence-electron chi connectivity index (χ1n) is 5.32. The zero-order valence-corrected chi connectivity index (χ0v) is 9.82. The van der Waals surface area contributed by atoms with Crippen molar-refractivity contribution in [2.45, 2.75) is 18.8 Å². The quantitative estimate of drug-likeness (QED) is 0.715. The summed E-state index contributed by atoms with van der Waals surface area (Å²) in [5.74, 6) is 0. The fourth-order valence-corrected chi connectivity index (χ4v) is 1.96. The normalized spacial score (nSPS) is 11.7. The minimum Gasteiger partial charge on any atom is -0.384 e. The monoisotopic (exact) mass is 208 g/mol. The maximum atomic E-state index is 5.33. The maximum Gasteiger partial charge on any atom is 0.0581 e. The van der Waals surface area contributed by atoms with E-state index in [2.05, 4.69) is 31.2 Å². The molecule has 0 spiro atoms. The largest absolute Gasteiger partial charge is 0.384 e. The van der Waals surface area contributed by atoms with Gasteiger partial charge in [0, 0.05) is 19.6 Å². The van der Waals surface area contributed by atoms with Crippen LogP contribution in [0.25, 0.3) is 0 Å². The number of rotatable bonds is 6. The van der Waals surface area contributed by atoms with E-state index in [9.17, 15) is 0 Å². The number of hydrogen-bond donors (Lipinski definition) is 0. The van der Waals surface area contributed by atoms with Crippen LogP contribution in [-0.4, -0.2) is 27.4 Å². The van der Waals surface area contributed by atoms with E-state index in [-0.39, 0.29) is 5.41 Å². The summed E-state index contributed by atoms with van der Waals surface area (Å²) in [6, 6.07) is 10.4. The first-order chi connectivity index (χ1) is 7.29. The summed E-state index contributed by atoms with van der Waals surface area (Å²) in [4.78, 5) is 0. The molecule has 1 aromatic carbocycles. The van der Waals surface area contributed by atoms with Crippen LogP contribution < -0.4 is 0 Å². The van der Waals surface area contributed by atoms with Gasteiger partial charge < -0.3 is 9.47 Å². The molecule has 0 aromatic heterocycles. The molecule has 0 aliphatic rings. The molecule has 0 unspecified atom stereocenters. The summed E-state index contributed by atoms with van der Waals surface area (Å²) in [5.41, 5.74) is 1.28. The Morgan fingerprint density at radius 3 is 1.93 bits per heavy atom. The number of methoxy groups -OCH3 is 2. The summed E-state index contributed by atoms with van der Waals surface area (Å²) < 4.78 is 10.7. The predicted molar refractivity (Wildman–Crippen MR) is 62.2 cm³/mol. The molecular formula is C13H20O2. The maximum absolute atomic E-state index is 5.33. The molecule has 1 rings (SSSR count). The minimum atomic E-state index is -0.00917. The van der Waals surface area contributed by atoms with Gasteiger partial charge in [0.2, 0.25) is 0 Å². The van der Waals surface area contributed by atoms with E-state index in [1.165, 1.54) is 5.56 Å². The molecular weight excluding hydrogens is 188 g/mol. The number of benzene rings is 1. The molecule has 1 aromatic rings. The highest BCUT2D eigenvalue weighted by Crippen LogP contribution is 2.28. The first-order valence-corrected chi connectivity index (χ1v) is 5.32. The second-order valence-electron chi connectivity index (χ2n) is 3.87. The van der Waals surface area contributed by atoms with Crippen molar-refractivity contribution in [2.75, 3.05) is 27.4 Å². The van der Waals surface area contributed by atoms with Gasteiger partial charge in [0.25, 0.3) is 0 Å². The number of hydrogen-bond acceptors (Lipinski definition) is 2. The van der Waals surface area contributed by atoms with Crippen LogP contribution in [0.5, 0.6) is 0 Å². The van der Waals surface area contributed by atoms with E-state index < -0.39 is 0 Å². The first kappa shape index (κ1) is 12.2. The molecule has 15 heavy (non-hydrogen) atoms. The van der Waals surface area contributed by atoms with Gasteiger partial charge in [0.15, 0.2) is 0 Å². The van der Waals surface area contributed by atoms with Crippen LogP contribution in [0.15, 0.2) is 30.3 Å². The summed E-state index contributed by atoms with van der Waals surface area (Å²) in [5, 5.41) is 0. The van der Waals surface area contributed by atoms with Crippen molar-refractivity contribution < 1.29 is 9.47 Å². The molecule has 0 atom stereocenters. The van der Waals surface area contributed by atoms with E-state index >= 15 is 0 Å². The average Bonchev–Trinajstić information content (AvgIpc) is 2.30. The van der Waals surface area contributed by atoms with E-state index in [1.54, 1.807) is 14.2 Å². The highest BCUT2D eigenvalue weighted by Gasteiger charge is 2.30. The molecule has 0 saturated heterocycles. The molecule has 0 aliphatic carbocycles. The molecule has 84 valence electrons. The molecule has 2 nitrogen and oxygen atoms in total. The fraction of sp³-hybridized carbons (Fsp3) is 0.538. The topological polar surface area (TPSA) is 18.5 Å². The van der Waals surface area contributed by atoms with E-state index in [0.717, 1.165) is 6.42 Å². The molecule has 0 radical (unpaired) electrons. The summed E-state index contributed by atoms with van der Waals surface area (Å²) in [7, 11) is 3.48. The smallest absolute Gasteiger partial charge is 0.0581 e. The Kier molecular flexibility index (Phi) is 4.79. The van der Waals surface area contributed by atoms with E-state index in [1.807, 2.05) is 6.07 Å². The van der Waals surface area contributed by atoms with Gasteiger partial charge in [0.1, 0.15) is 0 Å². The van der Waals surface area contributed by atoms with Crippen LogP contribution in [0.2, 0.25) is 0 Å². The Morgan fingerprint density at radius 2 is 1.53 bits per heavy atom. The molecule has 2 heteroatoms. The van der Waals surface area contributed by atoms with Crippen molar-refractivity contribution in [2.24, 2.45) is 0 Å². The second-order valence-corrected chi connectivity index (χ2v) is 3.87. The molecule has 0 heterocycles. The van der Waals surface area contributed by atoms with Gasteiger partial charge in [-0.2, -0.15) is 0 Å². The third-order valence-electron chi connectivity index (χ3n) is 2.90. The van der Waals surface area contributed by atoms with Crippen molar-refractivity contribution in [3.63, 3.8) is 0 Å². The van der Waals surface area contributed by atoms with Crippen LogP contribution >= 0.6 is 0 Å². The third kappa shape index (κ3) is 2.80. The highest BCUT2D eigenvalue weighted by atomic mass is 16.5. The van der Waals surface area contributed by atoms with Crippen molar-refractivity contribution in [3.8, 4) is 0 Å². The van der Waals surface area contributed by atoms with Crippen molar-refractivity contribution in [3.05, 3.63) is 35.9 Å². The Bertz CT molecular complexity index is 263. The molecule has 0 bridgehead atoms. The lowest BCUT2D eigenvalue weighted by molar-refractivity contribution is 0.0569. The average molecular weight is 208 g/mol. The summed E-state index contributed by atoms with van der Waals surface area (Å²) in [6.45, 7) is 3.56. The predicted octanol–water partition coefficient (Wildman–Crippen LogP) is 2.63. The fourth-order valence-electron chi connectivity index (χ4n) is 1.96. The zero-order chi connectivity index (χ0) is 11.1. The van der Waals surface area contributed by atoms with Crippen LogP contribution in [0, 0.1) is 0 Å². The Balaban J connectivity index is 2.97. The standard InChI is InChI=1S/C13H20O2/c1-4-13(10-14-2,11-15-3)12-8-6-5-7-9-12/h5-9H,4,10-11H2,1-3H3.